The Morgan fingerprint density at radius 2 is 2.00 bits per heavy atom. The van der Waals surface area contributed by atoms with Gasteiger partial charge in [0.1, 0.15) is 11.5 Å². The van der Waals surface area contributed by atoms with E-state index in [1.165, 1.54) is 12.1 Å². The summed E-state index contributed by atoms with van der Waals surface area (Å²) in [6.45, 7) is 1.70. The molecule has 6 nitrogen and oxygen atoms in total. The van der Waals surface area contributed by atoms with E-state index in [0.717, 1.165) is 6.07 Å². The zero-order valence-corrected chi connectivity index (χ0v) is 9.88. The number of hydrogen-bond donors (Lipinski definition) is 4. The van der Waals surface area contributed by atoms with Crippen LogP contribution in [0.4, 0.5) is 0 Å². The molecule has 0 radical (unpaired) electrons. The lowest BCUT2D eigenvalue weighted by molar-refractivity contribution is -0.141. The SMILES string of the molecule is CCC(CNC(=O)c1ccc(O)cc1O)C(=O)O. The zero-order chi connectivity index (χ0) is 13.7. The van der Waals surface area contributed by atoms with Crippen molar-refractivity contribution >= 4 is 11.9 Å². The van der Waals surface area contributed by atoms with Gasteiger partial charge in [-0.3, -0.25) is 9.59 Å². The molecule has 0 aromatic heterocycles. The molecule has 0 aliphatic rings. The molecular formula is C12H15NO5. The van der Waals surface area contributed by atoms with Gasteiger partial charge in [-0.2, -0.15) is 0 Å². The van der Waals surface area contributed by atoms with Gasteiger partial charge in [-0.25, -0.2) is 0 Å². The lowest BCUT2D eigenvalue weighted by Gasteiger charge is -2.11. The molecule has 1 aromatic carbocycles. The molecule has 98 valence electrons. The Morgan fingerprint density at radius 1 is 1.33 bits per heavy atom. The highest BCUT2D eigenvalue weighted by Crippen LogP contribution is 2.22. The van der Waals surface area contributed by atoms with E-state index < -0.39 is 17.8 Å². The lowest BCUT2D eigenvalue weighted by Crippen LogP contribution is -2.32. The van der Waals surface area contributed by atoms with E-state index in [9.17, 15) is 14.7 Å². The summed E-state index contributed by atoms with van der Waals surface area (Å²) in [4.78, 5) is 22.4. The summed E-state index contributed by atoms with van der Waals surface area (Å²) < 4.78 is 0. The number of hydrogen-bond acceptors (Lipinski definition) is 4. The van der Waals surface area contributed by atoms with Crippen LogP contribution in [0.1, 0.15) is 23.7 Å². The molecule has 1 atom stereocenters. The van der Waals surface area contributed by atoms with Crippen molar-refractivity contribution in [3.63, 3.8) is 0 Å². The van der Waals surface area contributed by atoms with Crippen molar-refractivity contribution in [1.82, 2.24) is 5.32 Å². The maximum atomic E-state index is 11.7. The summed E-state index contributed by atoms with van der Waals surface area (Å²) in [7, 11) is 0. The average molecular weight is 253 g/mol. The molecular weight excluding hydrogens is 238 g/mol. The van der Waals surface area contributed by atoms with Gasteiger partial charge in [0, 0.05) is 12.6 Å². The van der Waals surface area contributed by atoms with E-state index in [1.807, 2.05) is 0 Å². The molecule has 0 saturated heterocycles. The van der Waals surface area contributed by atoms with Crippen molar-refractivity contribution in [2.24, 2.45) is 5.92 Å². The van der Waals surface area contributed by atoms with Crippen LogP contribution >= 0.6 is 0 Å². The molecule has 1 amide bonds. The Balaban J connectivity index is 2.68. The summed E-state index contributed by atoms with van der Waals surface area (Å²) in [5.41, 5.74) is -0.00644. The van der Waals surface area contributed by atoms with Crippen molar-refractivity contribution in [3.8, 4) is 11.5 Å². The van der Waals surface area contributed by atoms with E-state index in [1.54, 1.807) is 6.92 Å². The molecule has 0 heterocycles. The van der Waals surface area contributed by atoms with Gasteiger partial charge in [0.2, 0.25) is 0 Å². The number of phenolic OH excluding ortho intramolecular Hbond substituents is 2. The molecule has 0 fully saturated rings. The summed E-state index contributed by atoms with van der Waals surface area (Å²) in [6, 6.07) is 3.58. The second-order valence-electron chi connectivity index (χ2n) is 3.85. The normalized spacial score (nSPS) is 11.8. The van der Waals surface area contributed by atoms with Crippen molar-refractivity contribution < 1.29 is 24.9 Å². The quantitative estimate of drug-likeness (QED) is 0.624. The standard InChI is InChI=1S/C12H15NO5/c1-2-7(12(17)18)6-13-11(16)9-4-3-8(14)5-10(9)15/h3-5,7,14-15H,2,6H2,1H3,(H,13,16)(H,17,18). The topological polar surface area (TPSA) is 107 Å². The van der Waals surface area contributed by atoms with Crippen molar-refractivity contribution in [3.05, 3.63) is 23.8 Å². The first-order valence-corrected chi connectivity index (χ1v) is 5.48. The Labute approximate surface area is 104 Å². The fraction of sp³-hybridized carbons (Fsp3) is 0.333. The fourth-order valence-electron chi connectivity index (χ4n) is 1.43. The smallest absolute Gasteiger partial charge is 0.308 e. The van der Waals surface area contributed by atoms with Crippen LogP contribution in [0.3, 0.4) is 0 Å². The Morgan fingerprint density at radius 3 is 2.50 bits per heavy atom. The van der Waals surface area contributed by atoms with E-state index >= 15 is 0 Å². The Hall–Kier alpha value is -2.24. The maximum Gasteiger partial charge on any atom is 0.308 e. The number of benzene rings is 1. The zero-order valence-electron chi connectivity index (χ0n) is 9.88. The van der Waals surface area contributed by atoms with Gasteiger partial charge >= 0.3 is 5.97 Å². The highest BCUT2D eigenvalue weighted by atomic mass is 16.4. The number of aliphatic carboxylic acids is 1. The van der Waals surface area contributed by atoms with Crippen molar-refractivity contribution in [1.29, 1.82) is 0 Å². The number of rotatable bonds is 5. The molecule has 1 rings (SSSR count). The summed E-state index contributed by atoms with van der Waals surface area (Å²) in [5, 5.41) is 29.8. The van der Waals surface area contributed by atoms with E-state index in [-0.39, 0.29) is 23.6 Å². The first kappa shape index (κ1) is 13.8. The number of phenols is 2. The summed E-state index contributed by atoms with van der Waals surface area (Å²) in [6.07, 6.45) is 0.400. The highest BCUT2D eigenvalue weighted by Gasteiger charge is 2.17. The molecule has 1 unspecified atom stereocenters. The molecule has 0 bridgehead atoms. The van der Waals surface area contributed by atoms with Crippen LogP contribution in [0, 0.1) is 5.92 Å². The van der Waals surface area contributed by atoms with Crippen LogP contribution in [0.5, 0.6) is 11.5 Å². The molecule has 0 aliphatic carbocycles. The average Bonchev–Trinajstić information content (AvgIpc) is 2.28. The number of aromatic hydroxyl groups is 2. The second-order valence-corrected chi connectivity index (χ2v) is 3.85. The highest BCUT2D eigenvalue weighted by molar-refractivity contribution is 5.97. The van der Waals surface area contributed by atoms with E-state index in [2.05, 4.69) is 5.32 Å². The van der Waals surface area contributed by atoms with E-state index in [0.29, 0.717) is 6.42 Å². The number of carboxylic acids is 1. The van der Waals surface area contributed by atoms with Gasteiger partial charge in [0.25, 0.3) is 5.91 Å². The largest absolute Gasteiger partial charge is 0.508 e. The van der Waals surface area contributed by atoms with Crippen molar-refractivity contribution in [2.45, 2.75) is 13.3 Å². The van der Waals surface area contributed by atoms with Gasteiger partial charge in [-0.1, -0.05) is 6.92 Å². The van der Waals surface area contributed by atoms with Gasteiger partial charge in [0.05, 0.1) is 11.5 Å². The third kappa shape index (κ3) is 3.38. The van der Waals surface area contributed by atoms with Crippen LogP contribution in [0.25, 0.3) is 0 Å². The summed E-state index contributed by atoms with van der Waals surface area (Å²) >= 11 is 0. The van der Waals surface area contributed by atoms with Gasteiger partial charge < -0.3 is 20.6 Å². The minimum absolute atomic E-state index is 0.00644. The molecule has 4 N–H and O–H groups in total. The first-order chi connectivity index (χ1) is 8.45. The monoisotopic (exact) mass is 253 g/mol. The minimum atomic E-state index is -0.979. The van der Waals surface area contributed by atoms with Crippen LogP contribution in [0.15, 0.2) is 18.2 Å². The van der Waals surface area contributed by atoms with Crippen molar-refractivity contribution in [2.75, 3.05) is 6.54 Å². The van der Waals surface area contributed by atoms with Gasteiger partial charge in [-0.05, 0) is 18.6 Å². The third-order valence-corrected chi connectivity index (χ3v) is 2.58. The molecule has 0 spiro atoms. The number of carbonyl (C=O) groups excluding carboxylic acids is 1. The van der Waals surface area contributed by atoms with E-state index in [4.69, 9.17) is 10.2 Å². The van der Waals surface area contributed by atoms with Gasteiger partial charge in [0.15, 0.2) is 0 Å². The Kier molecular flexibility index (Phi) is 4.53. The molecule has 18 heavy (non-hydrogen) atoms. The third-order valence-electron chi connectivity index (χ3n) is 2.58. The fourth-order valence-corrected chi connectivity index (χ4v) is 1.43. The van der Waals surface area contributed by atoms with Gasteiger partial charge in [-0.15, -0.1) is 0 Å². The van der Waals surface area contributed by atoms with Crippen LogP contribution < -0.4 is 5.32 Å². The van der Waals surface area contributed by atoms with Crippen LogP contribution in [-0.2, 0) is 4.79 Å². The maximum absolute atomic E-state index is 11.7. The van der Waals surface area contributed by atoms with Crippen LogP contribution in [0.2, 0.25) is 0 Å². The predicted molar refractivity (Wildman–Crippen MR) is 63.5 cm³/mol. The molecule has 1 aromatic rings. The Bertz CT molecular complexity index is 458. The second kappa shape index (κ2) is 5.90. The van der Waals surface area contributed by atoms with Crippen LogP contribution in [-0.4, -0.2) is 33.7 Å². The predicted octanol–water partition coefficient (Wildman–Crippen LogP) is 0.938. The summed E-state index contributed by atoms with van der Waals surface area (Å²) in [5.74, 6) is -2.72. The lowest BCUT2D eigenvalue weighted by atomic mass is 10.1. The molecule has 6 heteroatoms. The number of amides is 1. The number of carbonyl (C=O) groups is 2. The molecule has 0 saturated carbocycles. The number of nitrogens with one attached hydrogen (secondary N) is 1. The number of carboxylic acid groups (broad SMARTS) is 1. The minimum Gasteiger partial charge on any atom is -0.508 e. The molecule has 0 aliphatic heterocycles. The first-order valence-electron chi connectivity index (χ1n) is 5.48.